The molecule has 28 heavy (non-hydrogen) atoms. The first-order valence-corrected chi connectivity index (χ1v) is 8.46. The Kier molecular flexibility index (Phi) is 7.97. The van der Waals surface area contributed by atoms with E-state index in [9.17, 15) is 8.78 Å². The van der Waals surface area contributed by atoms with Crippen LogP contribution in [0.3, 0.4) is 0 Å². The Morgan fingerprint density at radius 1 is 1.11 bits per heavy atom. The molecule has 2 N–H and O–H groups in total. The van der Waals surface area contributed by atoms with E-state index in [0.717, 1.165) is 16.9 Å². The minimum absolute atomic E-state index is 0. The van der Waals surface area contributed by atoms with E-state index in [1.807, 2.05) is 35.9 Å². The third-order valence-corrected chi connectivity index (χ3v) is 4.15. The number of nitrogens with zero attached hydrogens (tertiary/aromatic N) is 3. The SMILES string of the molecule is CN=C(NCc1ccccc1OC(F)F)NCc1nc2ccccc2n1C.I. The van der Waals surface area contributed by atoms with E-state index in [4.69, 9.17) is 0 Å². The van der Waals surface area contributed by atoms with Gasteiger partial charge in [-0.2, -0.15) is 8.78 Å². The maximum atomic E-state index is 12.5. The summed E-state index contributed by atoms with van der Waals surface area (Å²) in [4.78, 5) is 8.76. The summed E-state index contributed by atoms with van der Waals surface area (Å²) in [7, 11) is 3.60. The van der Waals surface area contributed by atoms with Crippen LogP contribution in [-0.4, -0.2) is 29.2 Å². The second-order valence-corrected chi connectivity index (χ2v) is 5.84. The van der Waals surface area contributed by atoms with Gasteiger partial charge in [0.05, 0.1) is 17.6 Å². The van der Waals surface area contributed by atoms with Crippen molar-refractivity contribution < 1.29 is 13.5 Å². The third kappa shape index (κ3) is 5.31. The molecule has 3 aromatic rings. The normalized spacial score (nSPS) is 11.4. The van der Waals surface area contributed by atoms with Gasteiger partial charge in [0.1, 0.15) is 11.6 Å². The molecule has 0 radical (unpaired) electrons. The number of fused-ring (bicyclic) bond motifs is 1. The Morgan fingerprint density at radius 2 is 1.79 bits per heavy atom. The number of aliphatic imine (C=N–C) groups is 1. The average Bonchev–Trinajstić information content (AvgIpc) is 2.99. The van der Waals surface area contributed by atoms with Crippen LogP contribution in [0.25, 0.3) is 11.0 Å². The van der Waals surface area contributed by atoms with Gasteiger partial charge in [0.25, 0.3) is 0 Å². The number of ether oxygens (including phenoxy) is 1. The van der Waals surface area contributed by atoms with Gasteiger partial charge in [0.2, 0.25) is 0 Å². The Labute approximate surface area is 179 Å². The van der Waals surface area contributed by atoms with E-state index in [-0.39, 0.29) is 29.7 Å². The van der Waals surface area contributed by atoms with E-state index < -0.39 is 6.61 Å². The van der Waals surface area contributed by atoms with E-state index in [1.165, 1.54) is 6.07 Å². The van der Waals surface area contributed by atoms with E-state index in [1.54, 1.807) is 25.2 Å². The van der Waals surface area contributed by atoms with Crippen molar-refractivity contribution in [3.8, 4) is 5.75 Å². The lowest BCUT2D eigenvalue weighted by atomic mass is 10.2. The molecule has 0 unspecified atom stereocenters. The van der Waals surface area contributed by atoms with Gasteiger partial charge in [-0.05, 0) is 18.2 Å². The number of aromatic nitrogens is 2. The molecule has 0 spiro atoms. The monoisotopic (exact) mass is 501 g/mol. The second kappa shape index (κ2) is 10.2. The van der Waals surface area contributed by atoms with Crippen molar-refractivity contribution in [3.05, 3.63) is 59.9 Å². The highest BCUT2D eigenvalue weighted by Crippen LogP contribution is 2.20. The Balaban J connectivity index is 0.00000280. The molecule has 0 fully saturated rings. The van der Waals surface area contributed by atoms with Crippen molar-refractivity contribution in [2.45, 2.75) is 19.7 Å². The van der Waals surface area contributed by atoms with Crippen molar-refractivity contribution in [1.29, 1.82) is 0 Å². The van der Waals surface area contributed by atoms with E-state index in [2.05, 4.69) is 25.3 Å². The number of hydrogen-bond acceptors (Lipinski definition) is 3. The number of guanidine groups is 1. The number of nitrogens with one attached hydrogen (secondary N) is 2. The summed E-state index contributed by atoms with van der Waals surface area (Å²) in [6, 6.07) is 14.6. The molecule has 1 aromatic heterocycles. The van der Waals surface area contributed by atoms with Crippen LogP contribution < -0.4 is 15.4 Å². The van der Waals surface area contributed by atoms with Gasteiger partial charge in [0, 0.05) is 26.2 Å². The fourth-order valence-electron chi connectivity index (χ4n) is 2.78. The summed E-state index contributed by atoms with van der Waals surface area (Å²) in [5, 5.41) is 6.28. The summed E-state index contributed by atoms with van der Waals surface area (Å²) in [5.74, 6) is 1.54. The highest BCUT2D eigenvalue weighted by Gasteiger charge is 2.10. The number of alkyl halides is 2. The van der Waals surface area contributed by atoms with Gasteiger partial charge >= 0.3 is 6.61 Å². The fraction of sp³-hybridized carbons (Fsp3) is 0.263. The molecule has 2 aromatic carbocycles. The smallest absolute Gasteiger partial charge is 0.387 e. The maximum absolute atomic E-state index is 12.5. The molecule has 0 aliphatic heterocycles. The van der Waals surface area contributed by atoms with Crippen molar-refractivity contribution in [2.24, 2.45) is 12.0 Å². The van der Waals surface area contributed by atoms with Gasteiger partial charge in [-0.15, -0.1) is 24.0 Å². The number of benzene rings is 2. The zero-order valence-corrected chi connectivity index (χ0v) is 17.9. The minimum atomic E-state index is -2.86. The van der Waals surface area contributed by atoms with Crippen LogP contribution in [0.4, 0.5) is 8.78 Å². The van der Waals surface area contributed by atoms with Crippen LogP contribution >= 0.6 is 24.0 Å². The van der Waals surface area contributed by atoms with Crippen molar-refractivity contribution in [2.75, 3.05) is 7.05 Å². The van der Waals surface area contributed by atoms with Crippen LogP contribution in [0, 0.1) is 0 Å². The molecule has 0 aliphatic carbocycles. The predicted molar refractivity (Wildman–Crippen MR) is 116 cm³/mol. The fourth-order valence-corrected chi connectivity index (χ4v) is 2.78. The quantitative estimate of drug-likeness (QED) is 0.308. The van der Waals surface area contributed by atoms with Gasteiger partial charge < -0.3 is 19.9 Å². The minimum Gasteiger partial charge on any atom is -0.434 e. The zero-order valence-electron chi connectivity index (χ0n) is 15.5. The molecule has 6 nitrogen and oxygen atoms in total. The number of hydrogen-bond donors (Lipinski definition) is 2. The first-order chi connectivity index (χ1) is 13.1. The Morgan fingerprint density at radius 3 is 2.50 bits per heavy atom. The Bertz CT molecular complexity index is 945. The van der Waals surface area contributed by atoms with Gasteiger partial charge in [0.15, 0.2) is 5.96 Å². The third-order valence-electron chi connectivity index (χ3n) is 4.15. The van der Waals surface area contributed by atoms with Gasteiger partial charge in [-0.3, -0.25) is 4.99 Å². The molecular weight excluding hydrogens is 479 g/mol. The Hall–Kier alpha value is -2.43. The van der Waals surface area contributed by atoms with Crippen molar-refractivity contribution >= 4 is 41.0 Å². The molecule has 9 heteroatoms. The van der Waals surface area contributed by atoms with Crippen molar-refractivity contribution in [1.82, 2.24) is 20.2 Å². The number of para-hydroxylation sites is 3. The second-order valence-electron chi connectivity index (χ2n) is 5.84. The zero-order chi connectivity index (χ0) is 19.2. The highest BCUT2D eigenvalue weighted by molar-refractivity contribution is 14.0. The predicted octanol–water partition coefficient (Wildman–Crippen LogP) is 3.66. The number of aryl methyl sites for hydroxylation is 1. The molecule has 150 valence electrons. The first-order valence-electron chi connectivity index (χ1n) is 8.46. The molecule has 3 rings (SSSR count). The lowest BCUT2D eigenvalue weighted by molar-refractivity contribution is -0.0504. The topological polar surface area (TPSA) is 63.5 Å². The largest absolute Gasteiger partial charge is 0.434 e. The molecule has 0 bridgehead atoms. The summed E-state index contributed by atoms with van der Waals surface area (Å²) >= 11 is 0. The summed E-state index contributed by atoms with van der Waals surface area (Å²) in [5.41, 5.74) is 2.59. The molecule has 0 amide bonds. The van der Waals surface area contributed by atoms with E-state index >= 15 is 0 Å². The molecule has 1 heterocycles. The summed E-state index contributed by atoms with van der Waals surface area (Å²) in [6.45, 7) is -2.09. The van der Waals surface area contributed by atoms with Crippen LogP contribution in [0.15, 0.2) is 53.5 Å². The molecule has 0 saturated heterocycles. The molecular formula is C19H22F2IN5O. The van der Waals surface area contributed by atoms with Crippen LogP contribution in [0.5, 0.6) is 5.75 Å². The number of imidazole rings is 1. The summed E-state index contributed by atoms with van der Waals surface area (Å²) < 4.78 is 31.6. The maximum Gasteiger partial charge on any atom is 0.387 e. The molecule has 0 saturated carbocycles. The average molecular weight is 501 g/mol. The molecule has 0 atom stereocenters. The number of rotatable bonds is 6. The lowest BCUT2D eigenvalue weighted by Crippen LogP contribution is -2.37. The lowest BCUT2D eigenvalue weighted by Gasteiger charge is -2.14. The van der Waals surface area contributed by atoms with Gasteiger partial charge in [-0.1, -0.05) is 30.3 Å². The van der Waals surface area contributed by atoms with Gasteiger partial charge in [-0.25, -0.2) is 4.98 Å². The van der Waals surface area contributed by atoms with Crippen LogP contribution in [0.1, 0.15) is 11.4 Å². The highest BCUT2D eigenvalue weighted by atomic mass is 127. The first kappa shape index (κ1) is 21.9. The molecule has 0 aliphatic rings. The van der Waals surface area contributed by atoms with Crippen molar-refractivity contribution in [3.63, 3.8) is 0 Å². The van der Waals surface area contributed by atoms with E-state index in [0.29, 0.717) is 24.6 Å². The summed E-state index contributed by atoms with van der Waals surface area (Å²) in [6.07, 6.45) is 0. The van der Waals surface area contributed by atoms with Crippen LogP contribution in [-0.2, 0) is 20.1 Å². The van der Waals surface area contributed by atoms with Crippen LogP contribution in [0.2, 0.25) is 0 Å². The number of halogens is 3. The standard InChI is InChI=1S/C19H21F2N5O.HI/c1-22-19(23-11-13-7-3-6-10-16(13)27-18(20)21)24-12-17-25-14-8-4-5-9-15(14)26(17)2;/h3-10,18H,11-12H2,1-2H3,(H2,22,23,24);1H.